The lowest BCUT2D eigenvalue weighted by Gasteiger charge is -2.15. The standard InChI is InChI=1S/C27H20Cl2N2OS2/c1-16-7-10-21(11-17(16)2)31-26(32)25(34-27(31)33)12-19-15-30(24-6-4-3-5-22(19)24)14-18-8-9-20(28)13-23(18)29/h3-13,15H,14H2,1-2H3/b25-12+. The van der Waals surface area contributed by atoms with Gasteiger partial charge in [-0.2, -0.15) is 0 Å². The van der Waals surface area contributed by atoms with Crippen LogP contribution in [-0.2, 0) is 11.3 Å². The molecule has 1 amide bonds. The first-order valence-electron chi connectivity index (χ1n) is 10.7. The molecule has 0 atom stereocenters. The van der Waals surface area contributed by atoms with Crippen LogP contribution in [-0.4, -0.2) is 14.8 Å². The Balaban J connectivity index is 1.52. The van der Waals surface area contributed by atoms with E-state index in [1.165, 1.54) is 17.3 Å². The molecular formula is C27H20Cl2N2OS2. The number of carbonyl (C=O) groups is 1. The maximum atomic E-state index is 13.3. The molecule has 1 aromatic heterocycles. The number of thioether (sulfide) groups is 1. The summed E-state index contributed by atoms with van der Waals surface area (Å²) in [4.78, 5) is 15.6. The van der Waals surface area contributed by atoms with Crippen LogP contribution in [0.5, 0.6) is 0 Å². The van der Waals surface area contributed by atoms with Gasteiger partial charge in [-0.1, -0.05) is 77.5 Å². The molecule has 170 valence electrons. The van der Waals surface area contributed by atoms with E-state index in [1.54, 1.807) is 11.0 Å². The fraction of sp³-hybridized carbons (Fsp3) is 0.111. The Kier molecular flexibility index (Phi) is 6.30. The topological polar surface area (TPSA) is 25.2 Å². The number of hydrogen-bond acceptors (Lipinski definition) is 3. The lowest BCUT2D eigenvalue weighted by molar-refractivity contribution is -0.113. The zero-order valence-electron chi connectivity index (χ0n) is 18.5. The molecule has 1 aliphatic heterocycles. The number of benzene rings is 3. The second kappa shape index (κ2) is 9.23. The number of amides is 1. The maximum absolute atomic E-state index is 13.3. The van der Waals surface area contributed by atoms with Gasteiger partial charge in [-0.25, -0.2) is 0 Å². The number of aromatic nitrogens is 1. The third-order valence-electron chi connectivity index (χ3n) is 6.00. The van der Waals surface area contributed by atoms with E-state index < -0.39 is 0 Å². The van der Waals surface area contributed by atoms with Gasteiger partial charge in [-0.15, -0.1) is 0 Å². The molecule has 0 N–H and O–H groups in total. The fourth-order valence-corrected chi connectivity index (χ4v) is 5.81. The molecule has 7 heteroatoms. The van der Waals surface area contributed by atoms with Gasteiger partial charge >= 0.3 is 0 Å². The van der Waals surface area contributed by atoms with Crippen molar-refractivity contribution in [2.75, 3.05) is 4.90 Å². The lowest BCUT2D eigenvalue weighted by Crippen LogP contribution is -2.27. The van der Waals surface area contributed by atoms with Gasteiger partial charge in [0.25, 0.3) is 5.91 Å². The van der Waals surface area contributed by atoms with E-state index in [-0.39, 0.29) is 5.91 Å². The van der Waals surface area contributed by atoms with E-state index in [9.17, 15) is 4.79 Å². The van der Waals surface area contributed by atoms with Crippen molar-refractivity contribution in [1.82, 2.24) is 4.57 Å². The number of aryl methyl sites for hydroxylation is 2. The molecule has 0 radical (unpaired) electrons. The predicted octanol–water partition coefficient (Wildman–Crippen LogP) is 8.02. The van der Waals surface area contributed by atoms with Crippen molar-refractivity contribution >= 4 is 80.1 Å². The Morgan fingerprint density at radius 3 is 2.56 bits per heavy atom. The molecule has 3 nitrogen and oxygen atoms in total. The Morgan fingerprint density at radius 2 is 1.79 bits per heavy atom. The highest BCUT2D eigenvalue weighted by molar-refractivity contribution is 8.27. The van der Waals surface area contributed by atoms with E-state index in [1.807, 2.05) is 55.5 Å². The van der Waals surface area contributed by atoms with Crippen molar-refractivity contribution < 1.29 is 4.79 Å². The highest BCUT2D eigenvalue weighted by Gasteiger charge is 2.33. The molecule has 4 aromatic rings. The lowest BCUT2D eigenvalue weighted by atomic mass is 10.1. The van der Waals surface area contributed by atoms with Gasteiger partial charge in [0.1, 0.15) is 0 Å². The van der Waals surface area contributed by atoms with Crippen molar-refractivity contribution in [3.05, 3.63) is 104 Å². The molecule has 0 bridgehead atoms. The third-order valence-corrected chi connectivity index (χ3v) is 7.89. The number of halogens is 2. The number of nitrogens with zero attached hydrogens (tertiary/aromatic N) is 2. The summed E-state index contributed by atoms with van der Waals surface area (Å²) in [5.74, 6) is -0.101. The van der Waals surface area contributed by atoms with Crippen LogP contribution in [0.15, 0.2) is 71.8 Å². The minimum atomic E-state index is -0.101. The van der Waals surface area contributed by atoms with Crippen LogP contribution in [0, 0.1) is 13.8 Å². The first kappa shape index (κ1) is 23.2. The van der Waals surface area contributed by atoms with Crippen LogP contribution < -0.4 is 4.90 Å². The zero-order chi connectivity index (χ0) is 24.0. The molecule has 0 saturated carbocycles. The molecule has 1 saturated heterocycles. The molecular weight excluding hydrogens is 503 g/mol. The molecule has 5 rings (SSSR count). The molecule has 34 heavy (non-hydrogen) atoms. The van der Waals surface area contributed by atoms with E-state index >= 15 is 0 Å². The van der Waals surface area contributed by atoms with Crippen LogP contribution in [0.4, 0.5) is 5.69 Å². The third kappa shape index (κ3) is 4.29. The first-order valence-corrected chi connectivity index (χ1v) is 12.7. The quantitative estimate of drug-likeness (QED) is 0.200. The Bertz CT molecular complexity index is 1510. The molecule has 3 aromatic carbocycles. The van der Waals surface area contributed by atoms with E-state index in [0.29, 0.717) is 25.8 Å². The number of thiocarbonyl (C=S) groups is 1. The van der Waals surface area contributed by atoms with E-state index in [4.69, 9.17) is 35.4 Å². The van der Waals surface area contributed by atoms with Gasteiger partial charge in [-0.3, -0.25) is 9.69 Å². The maximum Gasteiger partial charge on any atom is 0.270 e. The number of anilines is 1. The monoisotopic (exact) mass is 522 g/mol. The molecule has 1 aliphatic rings. The van der Waals surface area contributed by atoms with E-state index in [2.05, 4.69) is 29.8 Å². The predicted molar refractivity (Wildman–Crippen MR) is 149 cm³/mol. The summed E-state index contributed by atoms with van der Waals surface area (Å²) in [6, 6.07) is 19.6. The average molecular weight is 524 g/mol. The van der Waals surface area contributed by atoms with Gasteiger partial charge in [0, 0.05) is 39.3 Å². The van der Waals surface area contributed by atoms with Gasteiger partial charge in [0.05, 0.1) is 10.6 Å². The Morgan fingerprint density at radius 1 is 1.00 bits per heavy atom. The number of fused-ring (bicyclic) bond motifs is 1. The van der Waals surface area contributed by atoms with E-state index in [0.717, 1.165) is 33.3 Å². The number of hydrogen-bond donors (Lipinski definition) is 0. The summed E-state index contributed by atoms with van der Waals surface area (Å²) < 4.78 is 2.68. The summed E-state index contributed by atoms with van der Waals surface area (Å²) >= 11 is 19.4. The molecule has 2 heterocycles. The summed E-state index contributed by atoms with van der Waals surface area (Å²) in [6.07, 6.45) is 3.99. The minimum absolute atomic E-state index is 0.101. The number of rotatable bonds is 4. The van der Waals surface area contributed by atoms with Crippen molar-refractivity contribution in [1.29, 1.82) is 0 Å². The second-order valence-corrected chi connectivity index (χ2v) is 10.8. The Hall–Kier alpha value is -2.57. The molecule has 0 aliphatic carbocycles. The SMILES string of the molecule is Cc1ccc(N2C(=O)/C(=C\c3cn(Cc4ccc(Cl)cc4Cl)c4ccccc34)SC2=S)cc1C. The highest BCUT2D eigenvalue weighted by atomic mass is 35.5. The number of para-hydroxylation sites is 1. The summed E-state index contributed by atoms with van der Waals surface area (Å²) in [7, 11) is 0. The summed E-state index contributed by atoms with van der Waals surface area (Å²) in [6.45, 7) is 4.68. The highest BCUT2D eigenvalue weighted by Crippen LogP contribution is 2.38. The van der Waals surface area contributed by atoms with Crippen LogP contribution in [0.1, 0.15) is 22.3 Å². The molecule has 0 unspecified atom stereocenters. The van der Waals surface area contributed by atoms with Gasteiger partial charge in [0.15, 0.2) is 4.32 Å². The van der Waals surface area contributed by atoms with Gasteiger partial charge in [0.2, 0.25) is 0 Å². The van der Waals surface area contributed by atoms with Crippen LogP contribution in [0.25, 0.3) is 17.0 Å². The largest absolute Gasteiger partial charge is 0.342 e. The van der Waals surface area contributed by atoms with Crippen LogP contribution in [0.3, 0.4) is 0 Å². The summed E-state index contributed by atoms with van der Waals surface area (Å²) in [5, 5.41) is 2.29. The molecule has 0 spiro atoms. The first-order chi connectivity index (χ1) is 16.3. The second-order valence-electron chi connectivity index (χ2n) is 8.25. The van der Waals surface area contributed by atoms with Gasteiger partial charge < -0.3 is 4.57 Å². The van der Waals surface area contributed by atoms with Crippen molar-refractivity contribution in [2.24, 2.45) is 0 Å². The fourth-order valence-electron chi connectivity index (χ4n) is 4.05. The van der Waals surface area contributed by atoms with Crippen molar-refractivity contribution in [2.45, 2.75) is 20.4 Å². The molecule has 1 fully saturated rings. The zero-order valence-corrected chi connectivity index (χ0v) is 21.7. The van der Waals surface area contributed by atoms with Gasteiger partial charge in [-0.05, 0) is 66.9 Å². The smallest absolute Gasteiger partial charge is 0.270 e. The normalized spacial score (nSPS) is 15.2. The number of carbonyl (C=O) groups excluding carboxylic acids is 1. The minimum Gasteiger partial charge on any atom is -0.342 e. The van der Waals surface area contributed by atoms with Crippen molar-refractivity contribution in [3.63, 3.8) is 0 Å². The van der Waals surface area contributed by atoms with Crippen LogP contribution >= 0.6 is 47.2 Å². The Labute approximate surface area is 218 Å². The summed E-state index contributed by atoms with van der Waals surface area (Å²) in [5.41, 5.74) is 6.09. The average Bonchev–Trinajstić information content (AvgIpc) is 3.29. The van der Waals surface area contributed by atoms with Crippen LogP contribution in [0.2, 0.25) is 10.0 Å². The van der Waals surface area contributed by atoms with Crippen molar-refractivity contribution in [3.8, 4) is 0 Å².